The number of carbonyl (C=O) groups excluding carboxylic acids is 1. The van der Waals surface area contributed by atoms with Gasteiger partial charge in [0.05, 0.1) is 1.37 Å². The average molecular weight is 141 g/mol. The quantitative estimate of drug-likeness (QED) is 0.478. The molecule has 0 aromatic carbocycles. The molecule has 2 nitrogen and oxygen atoms in total. The molecule has 1 aliphatic rings. The summed E-state index contributed by atoms with van der Waals surface area (Å²) in [6.07, 6.45) is 1.56. The molecule has 1 aliphatic heterocycles. The molecule has 0 saturated carbocycles. The van der Waals surface area contributed by atoms with Gasteiger partial charge in [0.1, 0.15) is 6.58 Å². The molecule has 0 bridgehead atoms. The lowest BCUT2D eigenvalue weighted by molar-refractivity contribution is -0.136. The van der Waals surface area contributed by atoms with Crippen molar-refractivity contribution < 1.29 is 10.9 Å². The van der Waals surface area contributed by atoms with Gasteiger partial charge in [-0.15, -0.1) is 0 Å². The smallest absolute Gasteiger partial charge is 0.334 e. The Morgan fingerprint density at radius 1 is 1.70 bits per heavy atom. The molecule has 0 aromatic rings. The van der Waals surface area contributed by atoms with Gasteiger partial charge in [0.15, 0.2) is 0 Å². The maximum absolute atomic E-state index is 11.0. The van der Waals surface area contributed by atoms with E-state index < -0.39 is 6.58 Å². The van der Waals surface area contributed by atoms with Crippen LogP contribution in [-0.4, -0.2) is 12.6 Å². The molecule has 0 unspecified atom stereocenters. The van der Waals surface area contributed by atoms with Crippen LogP contribution >= 0.6 is 0 Å². The number of esters is 1. The van der Waals surface area contributed by atoms with Crippen LogP contribution in [0.3, 0.4) is 0 Å². The normalized spacial score (nSPS) is 27.5. The number of ether oxygens (including phenoxy) is 1. The lowest BCUT2D eigenvalue weighted by Crippen LogP contribution is -2.15. The topological polar surface area (TPSA) is 26.3 Å². The van der Waals surface area contributed by atoms with Gasteiger partial charge in [-0.2, -0.15) is 0 Å². The molecule has 56 valence electrons. The van der Waals surface area contributed by atoms with Crippen molar-refractivity contribution in [3.8, 4) is 0 Å². The van der Waals surface area contributed by atoms with Crippen LogP contribution in [-0.2, 0) is 9.53 Å². The molecular formula is C8H12O2. The Balaban J connectivity index is 2.88. The first-order chi connectivity index (χ1) is 4.91. The molecule has 0 amide bonds. The van der Waals surface area contributed by atoms with Gasteiger partial charge in [-0.25, -0.2) is 4.79 Å². The molecule has 2 heteroatoms. The standard InChI is InChI=1S/C8H12O2/c1-8(2,3)6-4-5-10-7(6)9/h4H,5H2,1-3H3/i5D/t5-/m0/s1. The summed E-state index contributed by atoms with van der Waals surface area (Å²) in [6.45, 7) is 4.99. The Morgan fingerprint density at radius 3 is 2.50 bits per heavy atom. The average Bonchev–Trinajstić information content (AvgIpc) is 2.08. The molecule has 0 fully saturated rings. The zero-order valence-electron chi connectivity index (χ0n) is 7.47. The summed E-state index contributed by atoms with van der Waals surface area (Å²) in [5.41, 5.74) is 0.407. The largest absolute Gasteiger partial charge is 0.458 e. The van der Waals surface area contributed by atoms with E-state index in [2.05, 4.69) is 4.74 Å². The summed E-state index contributed by atoms with van der Waals surface area (Å²) in [4.78, 5) is 11.0. The monoisotopic (exact) mass is 141 g/mol. The van der Waals surface area contributed by atoms with Crippen molar-refractivity contribution in [3.63, 3.8) is 0 Å². The van der Waals surface area contributed by atoms with E-state index in [9.17, 15) is 4.79 Å². The number of hydrogen-bond acceptors (Lipinski definition) is 2. The van der Waals surface area contributed by atoms with Gasteiger partial charge in [-0.3, -0.25) is 0 Å². The summed E-state index contributed by atoms with van der Waals surface area (Å²) in [5, 5.41) is 0. The van der Waals surface area contributed by atoms with Crippen molar-refractivity contribution in [2.24, 2.45) is 5.41 Å². The van der Waals surface area contributed by atoms with E-state index in [-0.39, 0.29) is 11.4 Å². The first-order valence-corrected chi connectivity index (χ1v) is 3.27. The van der Waals surface area contributed by atoms with Gasteiger partial charge in [-0.1, -0.05) is 20.8 Å². The second kappa shape index (κ2) is 2.11. The lowest BCUT2D eigenvalue weighted by atomic mass is 9.87. The minimum atomic E-state index is -0.795. The zero-order chi connectivity index (χ0) is 8.65. The maximum atomic E-state index is 11.0. The Bertz CT molecular complexity index is 213. The van der Waals surface area contributed by atoms with Crippen molar-refractivity contribution in [2.75, 3.05) is 6.58 Å². The van der Waals surface area contributed by atoms with Crippen LogP contribution in [0.15, 0.2) is 11.6 Å². The van der Waals surface area contributed by atoms with E-state index in [0.29, 0.717) is 5.57 Å². The number of cyclic esters (lactones) is 1. The van der Waals surface area contributed by atoms with Crippen molar-refractivity contribution in [1.29, 1.82) is 0 Å². The summed E-state index contributed by atoms with van der Waals surface area (Å²) in [6, 6.07) is 0. The van der Waals surface area contributed by atoms with Crippen LogP contribution in [0.2, 0.25) is 0 Å². The third-order valence-corrected chi connectivity index (χ3v) is 1.44. The van der Waals surface area contributed by atoms with Crippen LogP contribution in [0.5, 0.6) is 0 Å². The Kier molecular flexibility index (Phi) is 1.26. The highest BCUT2D eigenvalue weighted by atomic mass is 16.5. The molecule has 10 heavy (non-hydrogen) atoms. The van der Waals surface area contributed by atoms with Crippen molar-refractivity contribution >= 4 is 5.97 Å². The minimum Gasteiger partial charge on any atom is -0.458 e. The Labute approximate surface area is 62.3 Å². The predicted octanol–water partition coefficient (Wildman–Crippen LogP) is 1.52. The van der Waals surface area contributed by atoms with Gasteiger partial charge in [0.2, 0.25) is 0 Å². The number of carbonyl (C=O) groups is 1. The Hall–Kier alpha value is -0.790. The van der Waals surface area contributed by atoms with Crippen LogP contribution in [0.4, 0.5) is 0 Å². The number of hydrogen-bond donors (Lipinski definition) is 0. The first kappa shape index (κ1) is 5.96. The van der Waals surface area contributed by atoms with E-state index in [4.69, 9.17) is 1.37 Å². The lowest BCUT2D eigenvalue weighted by Gasteiger charge is -2.16. The van der Waals surface area contributed by atoms with Crippen molar-refractivity contribution in [3.05, 3.63) is 11.6 Å². The molecule has 0 spiro atoms. The molecule has 1 rings (SSSR count). The van der Waals surface area contributed by atoms with E-state index in [1.54, 1.807) is 6.08 Å². The highest BCUT2D eigenvalue weighted by molar-refractivity contribution is 5.91. The van der Waals surface area contributed by atoms with Gasteiger partial charge < -0.3 is 4.74 Å². The zero-order valence-corrected chi connectivity index (χ0v) is 6.47. The third-order valence-electron chi connectivity index (χ3n) is 1.44. The maximum Gasteiger partial charge on any atom is 0.334 e. The highest BCUT2D eigenvalue weighted by Gasteiger charge is 2.27. The van der Waals surface area contributed by atoms with Crippen LogP contribution in [0.1, 0.15) is 22.1 Å². The second-order valence-corrected chi connectivity index (χ2v) is 3.37. The minimum absolute atomic E-state index is 0.202. The van der Waals surface area contributed by atoms with Gasteiger partial charge >= 0.3 is 5.97 Å². The van der Waals surface area contributed by atoms with E-state index in [1.165, 1.54) is 0 Å². The van der Waals surface area contributed by atoms with E-state index in [0.717, 1.165) is 0 Å². The Morgan fingerprint density at radius 2 is 2.30 bits per heavy atom. The molecule has 0 radical (unpaired) electrons. The van der Waals surface area contributed by atoms with Gasteiger partial charge in [-0.05, 0) is 11.5 Å². The van der Waals surface area contributed by atoms with E-state index in [1.807, 2.05) is 20.8 Å². The van der Waals surface area contributed by atoms with Crippen LogP contribution in [0, 0.1) is 5.41 Å². The van der Waals surface area contributed by atoms with Crippen molar-refractivity contribution in [1.82, 2.24) is 0 Å². The second-order valence-electron chi connectivity index (χ2n) is 3.37. The summed E-state index contributed by atoms with van der Waals surface area (Å²) in [7, 11) is 0. The fourth-order valence-electron chi connectivity index (χ4n) is 0.852. The summed E-state index contributed by atoms with van der Waals surface area (Å²) < 4.78 is 11.8. The van der Waals surface area contributed by atoms with Gasteiger partial charge in [0.25, 0.3) is 0 Å². The highest BCUT2D eigenvalue weighted by Crippen LogP contribution is 2.28. The fraction of sp³-hybridized carbons (Fsp3) is 0.625. The van der Waals surface area contributed by atoms with Crippen LogP contribution in [0.25, 0.3) is 0 Å². The summed E-state index contributed by atoms with van der Waals surface area (Å²) in [5.74, 6) is -0.350. The summed E-state index contributed by atoms with van der Waals surface area (Å²) >= 11 is 0. The fourth-order valence-corrected chi connectivity index (χ4v) is 0.852. The molecule has 0 aliphatic carbocycles. The predicted molar refractivity (Wildman–Crippen MR) is 38.5 cm³/mol. The van der Waals surface area contributed by atoms with E-state index >= 15 is 0 Å². The van der Waals surface area contributed by atoms with Crippen LogP contribution < -0.4 is 0 Å². The molecular weight excluding hydrogens is 128 g/mol. The third kappa shape index (κ3) is 1.20. The molecule has 0 aromatic heterocycles. The molecule has 1 atom stereocenters. The molecule has 0 N–H and O–H groups in total. The first-order valence-electron chi connectivity index (χ1n) is 3.84. The SMILES string of the molecule is [2H][C@H]1C=C(C(C)(C)C)C(=O)O1. The molecule has 1 heterocycles. The van der Waals surface area contributed by atoms with Crippen molar-refractivity contribution in [2.45, 2.75) is 20.8 Å². The molecule has 0 saturated heterocycles. The van der Waals surface area contributed by atoms with Gasteiger partial charge in [0, 0.05) is 5.57 Å². The number of rotatable bonds is 0.